The van der Waals surface area contributed by atoms with Gasteiger partial charge in [-0.15, -0.1) is 0 Å². The van der Waals surface area contributed by atoms with Crippen LogP contribution < -0.4 is 21.5 Å². The molecule has 0 saturated carbocycles. The summed E-state index contributed by atoms with van der Waals surface area (Å²) in [4.78, 5) is 35.1. The average Bonchev–Trinajstić information content (AvgIpc) is 2.56. The van der Waals surface area contributed by atoms with E-state index in [0.717, 1.165) is 6.07 Å². The van der Waals surface area contributed by atoms with Crippen LogP contribution in [0.15, 0.2) is 18.2 Å². The fourth-order valence-electron chi connectivity index (χ4n) is 2.05. The van der Waals surface area contributed by atoms with Crippen LogP contribution in [0.4, 0.5) is 5.69 Å². The van der Waals surface area contributed by atoms with E-state index in [-0.39, 0.29) is 33.3 Å². The minimum atomic E-state index is -0.887. The molecule has 11 heteroatoms. The highest BCUT2D eigenvalue weighted by molar-refractivity contribution is 7.80. The van der Waals surface area contributed by atoms with Gasteiger partial charge in [-0.2, -0.15) is 0 Å². The number of amides is 2. The Bertz CT molecular complexity index is 742. The number of hydrogen-bond acceptors (Lipinski definition) is 5. The normalized spacial score (nSPS) is 11.7. The van der Waals surface area contributed by atoms with Crippen molar-refractivity contribution in [2.24, 2.45) is 5.92 Å². The Balaban J connectivity index is 2.83. The number of hydrazine groups is 1. The van der Waals surface area contributed by atoms with E-state index in [2.05, 4.69) is 21.5 Å². The molecule has 0 saturated heterocycles. The van der Waals surface area contributed by atoms with E-state index >= 15 is 0 Å². The molecule has 9 nitrogen and oxygen atoms in total. The first-order valence-electron chi connectivity index (χ1n) is 8.14. The van der Waals surface area contributed by atoms with Crippen molar-refractivity contribution in [1.82, 2.24) is 21.5 Å². The van der Waals surface area contributed by atoms with Crippen molar-refractivity contribution in [3.05, 3.63) is 38.9 Å². The van der Waals surface area contributed by atoms with Gasteiger partial charge in [0.2, 0.25) is 0 Å². The second kappa shape index (κ2) is 10.0. The zero-order chi connectivity index (χ0) is 20.7. The summed E-state index contributed by atoms with van der Waals surface area (Å²) in [6, 6.07) is 2.87. The van der Waals surface area contributed by atoms with Gasteiger partial charge in [0.15, 0.2) is 5.11 Å². The average molecular weight is 416 g/mol. The third-order valence-electron chi connectivity index (χ3n) is 3.36. The molecule has 0 radical (unpaired) electrons. The highest BCUT2D eigenvalue weighted by atomic mass is 35.5. The summed E-state index contributed by atoms with van der Waals surface area (Å²) < 4.78 is 0. The summed E-state index contributed by atoms with van der Waals surface area (Å²) in [6.45, 7) is 7.27. The van der Waals surface area contributed by atoms with Crippen molar-refractivity contribution in [1.29, 1.82) is 0 Å². The third-order valence-corrected chi connectivity index (χ3v) is 3.90. The molecule has 1 rings (SSSR count). The van der Waals surface area contributed by atoms with Crippen molar-refractivity contribution in [2.75, 3.05) is 0 Å². The van der Waals surface area contributed by atoms with Gasteiger partial charge in [-0.05, 0) is 44.1 Å². The molecule has 0 heterocycles. The van der Waals surface area contributed by atoms with E-state index in [1.54, 1.807) is 13.8 Å². The van der Waals surface area contributed by atoms with Crippen LogP contribution in [0.25, 0.3) is 0 Å². The maximum Gasteiger partial charge on any atom is 0.288 e. The molecule has 0 aliphatic heterocycles. The van der Waals surface area contributed by atoms with Crippen LogP contribution in [-0.4, -0.2) is 33.9 Å². The molecular weight excluding hydrogens is 394 g/mol. The van der Waals surface area contributed by atoms with Crippen molar-refractivity contribution in [3.63, 3.8) is 0 Å². The second-order valence-corrected chi connectivity index (χ2v) is 7.18. The maximum atomic E-state index is 12.4. The lowest BCUT2D eigenvalue weighted by molar-refractivity contribution is -0.384. The van der Waals surface area contributed by atoms with Gasteiger partial charge >= 0.3 is 0 Å². The minimum absolute atomic E-state index is 0.0227. The highest BCUT2D eigenvalue weighted by Crippen LogP contribution is 2.25. The predicted octanol–water partition coefficient (Wildman–Crippen LogP) is 1.91. The lowest BCUT2D eigenvalue weighted by Crippen LogP contribution is -2.56. The molecule has 2 amide bonds. The van der Waals surface area contributed by atoms with Gasteiger partial charge in [0.05, 0.1) is 4.92 Å². The van der Waals surface area contributed by atoms with E-state index in [4.69, 9.17) is 23.8 Å². The molecule has 1 atom stereocenters. The molecule has 0 spiro atoms. The first kappa shape index (κ1) is 22.6. The van der Waals surface area contributed by atoms with E-state index in [0.29, 0.717) is 0 Å². The van der Waals surface area contributed by atoms with Crippen molar-refractivity contribution < 1.29 is 14.5 Å². The Kier molecular flexibility index (Phi) is 8.38. The number of carbonyl (C=O) groups excluding carboxylic acids is 2. The molecule has 4 N–H and O–H groups in total. The van der Waals surface area contributed by atoms with Crippen molar-refractivity contribution >= 4 is 46.4 Å². The van der Waals surface area contributed by atoms with Crippen LogP contribution in [0.3, 0.4) is 0 Å². The molecule has 0 fully saturated rings. The summed E-state index contributed by atoms with van der Waals surface area (Å²) in [5, 5.41) is 16.6. The molecule has 0 aliphatic rings. The van der Waals surface area contributed by atoms with Crippen LogP contribution in [0.1, 0.15) is 38.1 Å². The summed E-state index contributed by atoms with van der Waals surface area (Å²) in [5.41, 5.74) is 4.62. The van der Waals surface area contributed by atoms with Gasteiger partial charge in [-0.1, -0.05) is 25.4 Å². The van der Waals surface area contributed by atoms with E-state index < -0.39 is 22.8 Å². The number of nitro benzene ring substituents is 1. The monoisotopic (exact) mass is 415 g/mol. The van der Waals surface area contributed by atoms with Crippen LogP contribution in [-0.2, 0) is 4.79 Å². The maximum absolute atomic E-state index is 12.4. The summed E-state index contributed by atoms with van der Waals surface area (Å²) in [7, 11) is 0. The largest absolute Gasteiger partial charge is 0.359 e. The lowest BCUT2D eigenvalue weighted by Gasteiger charge is -2.22. The topological polar surface area (TPSA) is 125 Å². The SMILES string of the molecule is CC(C)NC(=S)NNC(=O)[C@@H](NC(=O)c1ccc(Cl)c([N+](=O)[O-])c1)C(C)C. The molecular formula is C16H22ClN5O4S. The minimum Gasteiger partial charge on any atom is -0.359 e. The quantitative estimate of drug-likeness (QED) is 0.317. The molecule has 1 aromatic rings. The van der Waals surface area contributed by atoms with Gasteiger partial charge in [0.1, 0.15) is 11.1 Å². The number of hydrogen-bond donors (Lipinski definition) is 4. The van der Waals surface area contributed by atoms with Gasteiger partial charge in [0, 0.05) is 17.7 Å². The fraction of sp³-hybridized carbons (Fsp3) is 0.438. The van der Waals surface area contributed by atoms with Gasteiger partial charge in [-0.25, -0.2) is 0 Å². The third kappa shape index (κ3) is 6.99. The Morgan fingerprint density at radius 1 is 1.15 bits per heavy atom. The number of nitrogens with one attached hydrogen (secondary N) is 4. The Morgan fingerprint density at radius 3 is 2.30 bits per heavy atom. The number of thiocarbonyl (C=S) groups is 1. The number of halogens is 1. The van der Waals surface area contributed by atoms with Crippen molar-refractivity contribution in [2.45, 2.75) is 39.8 Å². The number of rotatable bonds is 6. The lowest BCUT2D eigenvalue weighted by atomic mass is 10.0. The van der Waals surface area contributed by atoms with Gasteiger partial charge in [0.25, 0.3) is 17.5 Å². The summed E-state index contributed by atoms with van der Waals surface area (Å²) in [5.74, 6) is -1.38. The number of nitrogens with zero attached hydrogens (tertiary/aromatic N) is 1. The van der Waals surface area contributed by atoms with Crippen LogP contribution in [0.5, 0.6) is 0 Å². The number of benzene rings is 1. The van der Waals surface area contributed by atoms with E-state index in [1.165, 1.54) is 12.1 Å². The molecule has 0 aromatic heterocycles. The first-order valence-corrected chi connectivity index (χ1v) is 8.92. The molecule has 148 valence electrons. The fourth-order valence-corrected chi connectivity index (χ4v) is 2.52. The van der Waals surface area contributed by atoms with E-state index in [9.17, 15) is 19.7 Å². The molecule has 0 aliphatic carbocycles. The zero-order valence-electron chi connectivity index (χ0n) is 15.3. The Morgan fingerprint density at radius 2 is 1.78 bits per heavy atom. The smallest absolute Gasteiger partial charge is 0.288 e. The van der Waals surface area contributed by atoms with Gasteiger partial charge < -0.3 is 10.6 Å². The van der Waals surface area contributed by atoms with Crippen LogP contribution in [0.2, 0.25) is 5.02 Å². The standard InChI is InChI=1S/C16H22ClN5O4S/c1-8(2)13(15(24)20-21-16(27)18-9(3)4)19-14(23)10-5-6-11(17)12(7-10)22(25)26/h5-9,13H,1-4H3,(H,19,23)(H,20,24)(H2,18,21,27)/t13-/m0/s1. The van der Waals surface area contributed by atoms with Crippen molar-refractivity contribution in [3.8, 4) is 0 Å². The number of nitro groups is 1. The molecule has 0 bridgehead atoms. The predicted molar refractivity (Wildman–Crippen MR) is 106 cm³/mol. The zero-order valence-corrected chi connectivity index (χ0v) is 16.9. The summed E-state index contributed by atoms with van der Waals surface area (Å²) >= 11 is 10.8. The Labute approximate surface area is 167 Å². The molecule has 1 aromatic carbocycles. The highest BCUT2D eigenvalue weighted by Gasteiger charge is 2.26. The van der Waals surface area contributed by atoms with Gasteiger partial charge in [-0.3, -0.25) is 30.6 Å². The summed E-state index contributed by atoms with van der Waals surface area (Å²) in [6.07, 6.45) is 0. The second-order valence-electron chi connectivity index (χ2n) is 6.36. The van der Waals surface area contributed by atoms with Crippen LogP contribution in [0, 0.1) is 16.0 Å². The molecule has 27 heavy (non-hydrogen) atoms. The van der Waals surface area contributed by atoms with Crippen LogP contribution >= 0.6 is 23.8 Å². The molecule has 0 unspecified atom stereocenters. The Hall–Kier alpha value is -2.46. The first-order chi connectivity index (χ1) is 12.5. The van der Waals surface area contributed by atoms with E-state index in [1.807, 2.05) is 13.8 Å². The number of carbonyl (C=O) groups is 2.